The Balaban J connectivity index is 1.88. The van der Waals surface area contributed by atoms with Gasteiger partial charge in [0.05, 0.1) is 6.61 Å². The second kappa shape index (κ2) is 6.86. The first kappa shape index (κ1) is 15.0. The fourth-order valence-electron chi connectivity index (χ4n) is 2.89. The van der Waals surface area contributed by atoms with Crippen molar-refractivity contribution in [1.29, 1.82) is 0 Å². The van der Waals surface area contributed by atoms with Crippen LogP contribution in [0.5, 0.6) is 0 Å². The highest BCUT2D eigenvalue weighted by Gasteiger charge is 2.27. The molecule has 1 aliphatic carbocycles. The van der Waals surface area contributed by atoms with Gasteiger partial charge in [-0.15, -0.1) is 0 Å². The molecule has 1 fully saturated rings. The summed E-state index contributed by atoms with van der Waals surface area (Å²) in [7, 11) is 0. The molecule has 1 aliphatic rings. The van der Waals surface area contributed by atoms with Crippen molar-refractivity contribution in [3.63, 3.8) is 0 Å². The molecule has 1 aromatic heterocycles. The van der Waals surface area contributed by atoms with Gasteiger partial charge in [-0.1, -0.05) is 19.0 Å². The van der Waals surface area contributed by atoms with Crippen LogP contribution in [-0.4, -0.2) is 22.7 Å². The van der Waals surface area contributed by atoms with Gasteiger partial charge in [0.1, 0.15) is 6.42 Å². The molecular formula is C15H24N2O3. The van der Waals surface area contributed by atoms with E-state index in [0.717, 1.165) is 30.5 Å². The summed E-state index contributed by atoms with van der Waals surface area (Å²) in [5.41, 5.74) is 0. The van der Waals surface area contributed by atoms with Crippen molar-refractivity contribution in [2.24, 2.45) is 11.8 Å². The number of nitrogens with zero attached hydrogens (tertiary/aromatic N) is 2. The predicted octanol–water partition coefficient (Wildman–Crippen LogP) is 3.11. The SMILES string of the molecule is CCOC(=O)Cc1nc(C2CCC(C(C)C)CC2)no1. The zero-order valence-electron chi connectivity index (χ0n) is 12.6. The summed E-state index contributed by atoms with van der Waals surface area (Å²) in [6.45, 7) is 6.73. The van der Waals surface area contributed by atoms with Crippen LogP contribution in [-0.2, 0) is 16.0 Å². The molecule has 2 rings (SSSR count). The molecular weight excluding hydrogens is 256 g/mol. The van der Waals surface area contributed by atoms with Gasteiger partial charge in [0.25, 0.3) is 0 Å². The molecule has 1 saturated carbocycles. The monoisotopic (exact) mass is 280 g/mol. The van der Waals surface area contributed by atoms with Crippen molar-refractivity contribution in [3.8, 4) is 0 Å². The van der Waals surface area contributed by atoms with E-state index in [4.69, 9.17) is 9.26 Å². The molecule has 5 nitrogen and oxygen atoms in total. The van der Waals surface area contributed by atoms with Crippen molar-refractivity contribution in [2.45, 2.75) is 58.8 Å². The molecule has 0 aliphatic heterocycles. The van der Waals surface area contributed by atoms with E-state index in [9.17, 15) is 4.79 Å². The maximum absolute atomic E-state index is 11.4. The van der Waals surface area contributed by atoms with Crippen molar-refractivity contribution in [2.75, 3.05) is 6.61 Å². The number of aromatic nitrogens is 2. The summed E-state index contributed by atoms with van der Waals surface area (Å²) < 4.78 is 10.0. The molecule has 0 amide bonds. The molecule has 0 saturated heterocycles. The Bertz CT molecular complexity index is 434. The average Bonchev–Trinajstić information content (AvgIpc) is 2.87. The standard InChI is InChI=1S/C15H24N2O3/c1-4-19-14(18)9-13-16-15(17-20-13)12-7-5-11(6-8-12)10(2)3/h10-12H,4-9H2,1-3H3. The van der Waals surface area contributed by atoms with Crippen LogP contribution in [0.1, 0.15) is 64.1 Å². The van der Waals surface area contributed by atoms with Crippen LogP contribution in [0.15, 0.2) is 4.52 Å². The number of esters is 1. The third-order valence-electron chi connectivity index (χ3n) is 4.16. The highest BCUT2D eigenvalue weighted by Crippen LogP contribution is 2.37. The molecule has 0 radical (unpaired) electrons. The van der Waals surface area contributed by atoms with E-state index in [1.54, 1.807) is 6.92 Å². The molecule has 1 aromatic rings. The second-order valence-corrected chi connectivity index (χ2v) is 5.88. The van der Waals surface area contributed by atoms with E-state index >= 15 is 0 Å². The number of hydrogen-bond donors (Lipinski definition) is 0. The van der Waals surface area contributed by atoms with Crippen molar-refractivity contribution >= 4 is 5.97 Å². The summed E-state index contributed by atoms with van der Waals surface area (Å²) in [6, 6.07) is 0. The molecule has 0 bridgehead atoms. The maximum atomic E-state index is 11.4. The lowest BCUT2D eigenvalue weighted by molar-refractivity contribution is -0.142. The third kappa shape index (κ3) is 3.81. The lowest BCUT2D eigenvalue weighted by Gasteiger charge is -2.29. The highest BCUT2D eigenvalue weighted by molar-refractivity contribution is 5.71. The Labute approximate surface area is 120 Å². The van der Waals surface area contributed by atoms with E-state index in [0.29, 0.717) is 18.4 Å². The van der Waals surface area contributed by atoms with Gasteiger partial charge < -0.3 is 9.26 Å². The summed E-state index contributed by atoms with van der Waals surface area (Å²) in [5.74, 6) is 2.75. The highest BCUT2D eigenvalue weighted by atomic mass is 16.5. The van der Waals surface area contributed by atoms with E-state index in [1.165, 1.54) is 12.8 Å². The predicted molar refractivity (Wildman–Crippen MR) is 74.2 cm³/mol. The minimum Gasteiger partial charge on any atom is -0.466 e. The molecule has 0 unspecified atom stereocenters. The molecule has 5 heteroatoms. The number of carbonyl (C=O) groups is 1. The Morgan fingerprint density at radius 3 is 2.65 bits per heavy atom. The van der Waals surface area contributed by atoms with Crippen LogP contribution >= 0.6 is 0 Å². The van der Waals surface area contributed by atoms with Gasteiger partial charge in [0, 0.05) is 5.92 Å². The van der Waals surface area contributed by atoms with Gasteiger partial charge in [-0.3, -0.25) is 4.79 Å². The summed E-state index contributed by atoms with van der Waals surface area (Å²) in [5, 5.41) is 4.03. The molecule has 1 heterocycles. The van der Waals surface area contributed by atoms with Crippen LogP contribution < -0.4 is 0 Å². The van der Waals surface area contributed by atoms with E-state index in [1.807, 2.05) is 0 Å². The molecule has 0 atom stereocenters. The van der Waals surface area contributed by atoms with Crippen LogP contribution in [0.3, 0.4) is 0 Å². The third-order valence-corrected chi connectivity index (χ3v) is 4.16. The normalized spacial score (nSPS) is 23.0. The molecule has 112 valence electrons. The first-order valence-corrected chi connectivity index (χ1v) is 7.58. The van der Waals surface area contributed by atoms with Gasteiger partial charge in [0.2, 0.25) is 5.89 Å². The van der Waals surface area contributed by atoms with Crippen molar-refractivity contribution < 1.29 is 14.1 Å². The number of ether oxygens (including phenoxy) is 1. The van der Waals surface area contributed by atoms with Crippen LogP contribution in [0, 0.1) is 11.8 Å². The van der Waals surface area contributed by atoms with Crippen LogP contribution in [0.2, 0.25) is 0 Å². The first-order chi connectivity index (χ1) is 9.60. The topological polar surface area (TPSA) is 65.2 Å². The molecule has 0 aromatic carbocycles. The number of rotatable bonds is 5. The number of hydrogen-bond acceptors (Lipinski definition) is 5. The Hall–Kier alpha value is -1.39. The number of carbonyl (C=O) groups excluding carboxylic acids is 1. The quantitative estimate of drug-likeness (QED) is 0.775. The Kier molecular flexibility index (Phi) is 5.15. The lowest BCUT2D eigenvalue weighted by atomic mass is 9.77. The van der Waals surface area contributed by atoms with Crippen molar-refractivity contribution in [1.82, 2.24) is 10.1 Å². The van der Waals surface area contributed by atoms with Gasteiger partial charge in [-0.25, -0.2) is 0 Å². The first-order valence-electron chi connectivity index (χ1n) is 7.58. The fourth-order valence-corrected chi connectivity index (χ4v) is 2.89. The fraction of sp³-hybridized carbons (Fsp3) is 0.800. The molecule has 20 heavy (non-hydrogen) atoms. The second-order valence-electron chi connectivity index (χ2n) is 5.88. The summed E-state index contributed by atoms with van der Waals surface area (Å²) >= 11 is 0. The van der Waals surface area contributed by atoms with Crippen LogP contribution in [0.4, 0.5) is 0 Å². The van der Waals surface area contributed by atoms with Gasteiger partial charge in [-0.2, -0.15) is 4.98 Å². The van der Waals surface area contributed by atoms with Crippen molar-refractivity contribution in [3.05, 3.63) is 11.7 Å². The lowest BCUT2D eigenvalue weighted by Crippen LogP contribution is -2.18. The Morgan fingerprint density at radius 2 is 2.05 bits per heavy atom. The van der Waals surface area contributed by atoms with E-state index in [-0.39, 0.29) is 12.4 Å². The minimum atomic E-state index is -0.314. The van der Waals surface area contributed by atoms with E-state index in [2.05, 4.69) is 24.0 Å². The summed E-state index contributed by atoms with van der Waals surface area (Å²) in [4.78, 5) is 15.7. The zero-order valence-corrected chi connectivity index (χ0v) is 12.6. The molecule has 0 spiro atoms. The summed E-state index contributed by atoms with van der Waals surface area (Å²) in [6.07, 6.45) is 4.75. The Morgan fingerprint density at radius 1 is 1.35 bits per heavy atom. The van der Waals surface area contributed by atoms with Gasteiger partial charge in [-0.05, 0) is 44.4 Å². The molecule has 0 N–H and O–H groups in total. The van der Waals surface area contributed by atoms with E-state index < -0.39 is 0 Å². The minimum absolute atomic E-state index is 0.0716. The smallest absolute Gasteiger partial charge is 0.315 e. The zero-order chi connectivity index (χ0) is 14.5. The van der Waals surface area contributed by atoms with Crippen LogP contribution in [0.25, 0.3) is 0 Å². The average molecular weight is 280 g/mol. The van der Waals surface area contributed by atoms with Gasteiger partial charge in [0.15, 0.2) is 5.82 Å². The van der Waals surface area contributed by atoms with Gasteiger partial charge >= 0.3 is 5.97 Å². The largest absolute Gasteiger partial charge is 0.466 e. The maximum Gasteiger partial charge on any atom is 0.315 e.